The van der Waals surface area contributed by atoms with E-state index in [-0.39, 0.29) is 11.7 Å². The topological polar surface area (TPSA) is 57.6 Å². The molecule has 0 fully saturated rings. The summed E-state index contributed by atoms with van der Waals surface area (Å²) in [6.07, 6.45) is 2.29. The van der Waals surface area contributed by atoms with E-state index in [2.05, 4.69) is 9.98 Å². The van der Waals surface area contributed by atoms with Crippen LogP contribution in [0.2, 0.25) is 0 Å². The van der Waals surface area contributed by atoms with E-state index < -0.39 is 0 Å². The molecule has 2 aromatic carbocycles. The highest BCUT2D eigenvalue weighted by Crippen LogP contribution is 2.26. The molecule has 0 aliphatic heterocycles. The Balaban J connectivity index is 1.76. The third kappa shape index (κ3) is 3.18. The lowest BCUT2D eigenvalue weighted by Gasteiger charge is -2.05. The van der Waals surface area contributed by atoms with Crippen LogP contribution in [0.15, 0.2) is 47.5 Å². The van der Waals surface area contributed by atoms with Gasteiger partial charge in [-0.25, -0.2) is 4.39 Å². The Morgan fingerprint density at radius 3 is 2.91 bits per heavy atom. The summed E-state index contributed by atoms with van der Waals surface area (Å²) in [5.74, 6) is 0.478. The monoisotopic (exact) mass is 312 g/mol. The Morgan fingerprint density at radius 1 is 1.26 bits per heavy atom. The summed E-state index contributed by atoms with van der Waals surface area (Å²) in [4.78, 5) is 7.15. The molecular weight excluding hydrogens is 295 g/mol. The van der Waals surface area contributed by atoms with E-state index in [1.165, 1.54) is 12.1 Å². The molecule has 2 N–H and O–H groups in total. The minimum atomic E-state index is -0.347. The van der Waals surface area contributed by atoms with Gasteiger partial charge in [-0.1, -0.05) is 18.2 Å². The third-order valence-electron chi connectivity index (χ3n) is 3.70. The molecule has 0 amide bonds. The van der Waals surface area contributed by atoms with E-state index >= 15 is 0 Å². The zero-order valence-corrected chi connectivity index (χ0v) is 12.7. The standard InChI is InChI=1S/C18H17FN2O2/c1-23-17-5-3-2-4-12(17)8-9-20-11-15-14-10-13(19)6-7-16(14)21-18(15)22/h2-7,10-11,21-22H,8-9H2,1H3. The first-order valence-electron chi connectivity index (χ1n) is 7.31. The minimum Gasteiger partial charge on any atom is -0.496 e. The lowest BCUT2D eigenvalue weighted by atomic mass is 10.1. The van der Waals surface area contributed by atoms with E-state index in [1.807, 2.05) is 24.3 Å². The molecule has 0 bridgehead atoms. The molecule has 0 saturated carbocycles. The number of hydrogen-bond donors (Lipinski definition) is 2. The maximum atomic E-state index is 13.4. The number of halogens is 1. The van der Waals surface area contributed by atoms with Crippen molar-refractivity contribution in [3.63, 3.8) is 0 Å². The summed E-state index contributed by atoms with van der Waals surface area (Å²) in [7, 11) is 1.64. The largest absolute Gasteiger partial charge is 0.496 e. The van der Waals surface area contributed by atoms with Crippen LogP contribution in [0.1, 0.15) is 11.1 Å². The first-order chi connectivity index (χ1) is 11.2. The van der Waals surface area contributed by atoms with Crippen molar-refractivity contribution in [2.75, 3.05) is 13.7 Å². The van der Waals surface area contributed by atoms with Crippen molar-refractivity contribution >= 4 is 17.1 Å². The molecule has 23 heavy (non-hydrogen) atoms. The van der Waals surface area contributed by atoms with Crippen LogP contribution in [0.3, 0.4) is 0 Å². The fourth-order valence-electron chi connectivity index (χ4n) is 2.55. The molecule has 4 nitrogen and oxygen atoms in total. The van der Waals surface area contributed by atoms with Crippen LogP contribution < -0.4 is 4.74 Å². The lowest BCUT2D eigenvalue weighted by molar-refractivity contribution is 0.410. The summed E-state index contributed by atoms with van der Waals surface area (Å²) in [6.45, 7) is 0.543. The van der Waals surface area contributed by atoms with Gasteiger partial charge in [0.15, 0.2) is 5.88 Å². The Kier molecular flexibility index (Phi) is 4.28. The highest BCUT2D eigenvalue weighted by molar-refractivity contribution is 6.01. The van der Waals surface area contributed by atoms with Crippen LogP contribution in [0.4, 0.5) is 4.39 Å². The van der Waals surface area contributed by atoms with Crippen LogP contribution in [0, 0.1) is 5.82 Å². The lowest BCUT2D eigenvalue weighted by Crippen LogP contribution is -1.95. The quantitative estimate of drug-likeness (QED) is 0.706. The second-order valence-electron chi connectivity index (χ2n) is 5.17. The number of para-hydroxylation sites is 1. The number of benzene rings is 2. The van der Waals surface area contributed by atoms with Gasteiger partial charge in [0.05, 0.1) is 12.7 Å². The van der Waals surface area contributed by atoms with Gasteiger partial charge in [0.25, 0.3) is 0 Å². The van der Waals surface area contributed by atoms with Crippen molar-refractivity contribution in [3.8, 4) is 11.6 Å². The number of fused-ring (bicyclic) bond motifs is 1. The zero-order chi connectivity index (χ0) is 16.2. The predicted molar refractivity (Wildman–Crippen MR) is 89.1 cm³/mol. The van der Waals surface area contributed by atoms with Gasteiger partial charge in [-0.2, -0.15) is 0 Å². The highest BCUT2D eigenvalue weighted by Gasteiger charge is 2.09. The minimum absolute atomic E-state index is 0.00774. The van der Waals surface area contributed by atoms with Crippen LogP contribution >= 0.6 is 0 Å². The number of H-pyrrole nitrogens is 1. The predicted octanol–water partition coefficient (Wildman–Crippen LogP) is 3.68. The Labute approximate surface area is 133 Å². The molecule has 0 radical (unpaired) electrons. The molecular formula is C18H17FN2O2. The van der Waals surface area contributed by atoms with Crippen molar-refractivity contribution in [1.29, 1.82) is 0 Å². The number of aromatic nitrogens is 1. The first kappa shape index (κ1) is 15.1. The van der Waals surface area contributed by atoms with Crippen LogP contribution in [0.5, 0.6) is 11.6 Å². The highest BCUT2D eigenvalue weighted by atomic mass is 19.1. The van der Waals surface area contributed by atoms with Crippen LogP contribution in [-0.2, 0) is 6.42 Å². The fraction of sp³-hybridized carbons (Fsp3) is 0.167. The maximum Gasteiger partial charge on any atom is 0.198 e. The van der Waals surface area contributed by atoms with Crippen molar-refractivity contribution < 1.29 is 14.2 Å². The average Bonchev–Trinajstić information content (AvgIpc) is 2.87. The van der Waals surface area contributed by atoms with Gasteiger partial charge in [0.2, 0.25) is 0 Å². The number of rotatable bonds is 5. The number of aromatic hydroxyl groups is 1. The van der Waals surface area contributed by atoms with Gasteiger partial charge < -0.3 is 14.8 Å². The molecule has 5 heteroatoms. The second-order valence-corrected chi connectivity index (χ2v) is 5.17. The summed E-state index contributed by atoms with van der Waals surface area (Å²) >= 11 is 0. The van der Waals surface area contributed by atoms with E-state index in [9.17, 15) is 9.50 Å². The number of hydrogen-bond acceptors (Lipinski definition) is 3. The van der Waals surface area contributed by atoms with Gasteiger partial charge in [-0.3, -0.25) is 4.99 Å². The number of ether oxygens (including phenoxy) is 1. The zero-order valence-electron chi connectivity index (χ0n) is 12.7. The Hall–Kier alpha value is -2.82. The second kappa shape index (κ2) is 6.52. The first-order valence-corrected chi connectivity index (χ1v) is 7.31. The molecule has 0 atom stereocenters. The van der Waals surface area contributed by atoms with Gasteiger partial charge in [-0.05, 0) is 36.2 Å². The SMILES string of the molecule is COc1ccccc1CCN=Cc1c(O)[nH]c2ccc(F)cc12. The molecule has 0 aliphatic rings. The van der Waals surface area contributed by atoms with Gasteiger partial charge >= 0.3 is 0 Å². The molecule has 3 aromatic rings. The van der Waals surface area contributed by atoms with Gasteiger partial charge in [0.1, 0.15) is 11.6 Å². The normalized spacial score (nSPS) is 11.4. The number of nitrogens with one attached hydrogen (secondary N) is 1. The van der Waals surface area contributed by atoms with Crippen LogP contribution in [0.25, 0.3) is 10.9 Å². The number of aliphatic imine (C=N–C) groups is 1. The summed E-state index contributed by atoms with van der Waals surface area (Å²) in [5.41, 5.74) is 2.25. The number of methoxy groups -OCH3 is 1. The molecule has 118 valence electrons. The molecule has 0 unspecified atom stereocenters. The van der Waals surface area contributed by atoms with Gasteiger partial charge in [0, 0.05) is 23.7 Å². The summed E-state index contributed by atoms with van der Waals surface area (Å²) in [5, 5.41) is 10.5. The van der Waals surface area contributed by atoms with Crippen LogP contribution in [-0.4, -0.2) is 30.0 Å². The van der Waals surface area contributed by atoms with Crippen molar-refractivity contribution in [1.82, 2.24) is 4.98 Å². The van der Waals surface area contributed by atoms with E-state index in [0.29, 0.717) is 23.0 Å². The Bertz CT molecular complexity index is 855. The maximum absolute atomic E-state index is 13.4. The number of aromatic amines is 1. The van der Waals surface area contributed by atoms with E-state index in [1.54, 1.807) is 19.4 Å². The van der Waals surface area contributed by atoms with Crippen molar-refractivity contribution in [2.45, 2.75) is 6.42 Å². The average molecular weight is 312 g/mol. The van der Waals surface area contributed by atoms with E-state index in [0.717, 1.165) is 17.7 Å². The molecule has 0 aliphatic carbocycles. The smallest absolute Gasteiger partial charge is 0.198 e. The summed E-state index contributed by atoms with van der Waals surface area (Å²) in [6, 6.07) is 12.1. The molecule has 0 spiro atoms. The molecule has 0 saturated heterocycles. The van der Waals surface area contributed by atoms with E-state index in [4.69, 9.17) is 4.74 Å². The third-order valence-corrected chi connectivity index (χ3v) is 3.70. The van der Waals surface area contributed by atoms with Crippen molar-refractivity contribution in [2.24, 2.45) is 4.99 Å². The summed E-state index contributed by atoms with van der Waals surface area (Å²) < 4.78 is 18.7. The fourth-order valence-corrected chi connectivity index (χ4v) is 2.55. The van der Waals surface area contributed by atoms with Gasteiger partial charge in [-0.15, -0.1) is 0 Å². The molecule has 1 heterocycles. The molecule has 3 rings (SSSR count). The van der Waals surface area contributed by atoms with Crippen molar-refractivity contribution in [3.05, 3.63) is 59.4 Å². The Morgan fingerprint density at radius 2 is 2.09 bits per heavy atom. The molecule has 1 aromatic heterocycles. The number of nitrogens with zero attached hydrogens (tertiary/aromatic N) is 1.